The molecule has 0 saturated carbocycles. The Morgan fingerprint density at radius 3 is 2.55 bits per heavy atom. The summed E-state index contributed by atoms with van der Waals surface area (Å²) >= 11 is 0. The van der Waals surface area contributed by atoms with Crippen molar-refractivity contribution in [1.29, 1.82) is 0 Å². The predicted molar refractivity (Wildman–Crippen MR) is 114 cm³/mol. The highest BCUT2D eigenvalue weighted by Crippen LogP contribution is 2.45. The second-order valence-electron chi connectivity index (χ2n) is 7.52. The minimum Gasteiger partial charge on any atom is -0.441 e. The number of benzene rings is 3. The first kappa shape index (κ1) is 19.2. The van der Waals surface area contributed by atoms with E-state index in [2.05, 4.69) is 4.98 Å². The summed E-state index contributed by atoms with van der Waals surface area (Å²) in [7, 11) is 0. The first-order chi connectivity index (χ1) is 15.0. The summed E-state index contributed by atoms with van der Waals surface area (Å²) in [6.45, 7) is 1.91. The van der Waals surface area contributed by atoms with Crippen LogP contribution in [0.5, 0.6) is 0 Å². The molecule has 0 fully saturated rings. The number of aryl methyl sites for hydroxylation is 1. The summed E-state index contributed by atoms with van der Waals surface area (Å²) < 4.78 is 19.7. The van der Waals surface area contributed by atoms with Crippen LogP contribution in [0.25, 0.3) is 11.5 Å². The Morgan fingerprint density at radius 1 is 1.03 bits per heavy atom. The number of amides is 1. The zero-order valence-electron chi connectivity index (χ0n) is 16.7. The van der Waals surface area contributed by atoms with E-state index in [0.717, 1.165) is 5.56 Å². The summed E-state index contributed by atoms with van der Waals surface area (Å²) in [5, 5.41) is 11.5. The van der Waals surface area contributed by atoms with Crippen LogP contribution in [0.1, 0.15) is 22.6 Å². The lowest BCUT2D eigenvalue weighted by atomic mass is 9.87. The second kappa shape index (κ2) is 7.18. The van der Waals surface area contributed by atoms with Crippen molar-refractivity contribution < 1.29 is 18.7 Å². The fraction of sp³-hybridized carbons (Fsp3) is 0.120. The van der Waals surface area contributed by atoms with Gasteiger partial charge in [0.05, 0.1) is 12.2 Å². The van der Waals surface area contributed by atoms with Gasteiger partial charge in [0.1, 0.15) is 17.3 Å². The summed E-state index contributed by atoms with van der Waals surface area (Å²) in [6, 6.07) is 22.0. The topological polar surface area (TPSA) is 66.6 Å². The predicted octanol–water partition coefficient (Wildman–Crippen LogP) is 4.57. The number of oxazole rings is 1. The normalized spacial score (nSPS) is 17.8. The van der Waals surface area contributed by atoms with Crippen molar-refractivity contribution in [1.82, 2.24) is 4.98 Å². The van der Waals surface area contributed by atoms with Crippen molar-refractivity contribution in [3.05, 3.63) is 107 Å². The number of rotatable bonds is 4. The van der Waals surface area contributed by atoms with Gasteiger partial charge in [-0.1, -0.05) is 48.5 Å². The molecule has 0 bridgehead atoms. The van der Waals surface area contributed by atoms with Crippen LogP contribution in [-0.4, -0.2) is 16.0 Å². The Bertz CT molecular complexity index is 1280. The van der Waals surface area contributed by atoms with E-state index in [1.54, 1.807) is 37.3 Å². The summed E-state index contributed by atoms with van der Waals surface area (Å²) in [4.78, 5) is 19.5. The van der Waals surface area contributed by atoms with Crippen LogP contribution in [0.2, 0.25) is 0 Å². The van der Waals surface area contributed by atoms with Gasteiger partial charge >= 0.3 is 0 Å². The smallest absolute Gasteiger partial charge is 0.268 e. The van der Waals surface area contributed by atoms with E-state index < -0.39 is 17.3 Å². The Kier molecular flexibility index (Phi) is 4.45. The molecule has 0 saturated heterocycles. The number of halogens is 1. The minimum atomic E-state index is -1.97. The molecule has 5 rings (SSSR count). The number of carbonyl (C=O) groups excluding carboxylic acids is 1. The lowest BCUT2D eigenvalue weighted by Gasteiger charge is -2.23. The maximum Gasteiger partial charge on any atom is 0.268 e. The summed E-state index contributed by atoms with van der Waals surface area (Å²) in [5.74, 6) is -0.0174. The van der Waals surface area contributed by atoms with Crippen molar-refractivity contribution in [2.24, 2.45) is 0 Å². The number of aromatic nitrogens is 1. The second-order valence-corrected chi connectivity index (χ2v) is 7.52. The number of nitrogens with zero attached hydrogens (tertiary/aromatic N) is 2. The third-order valence-electron chi connectivity index (χ3n) is 5.60. The van der Waals surface area contributed by atoms with Gasteiger partial charge < -0.3 is 14.4 Å². The standard InChI is InChI=1S/C25H19FN2O3/c1-16-21(27-23(31-16)17-8-3-2-4-9-17)15-28-22-13-6-5-12-20(22)25(30,24(28)29)18-10-7-11-19(26)14-18/h2-14,30H,15H2,1H3/t25-/m0/s1. The highest BCUT2D eigenvalue weighted by Gasteiger charge is 2.51. The maximum atomic E-state index is 13.9. The molecule has 154 valence electrons. The number of anilines is 1. The van der Waals surface area contributed by atoms with E-state index in [0.29, 0.717) is 28.6 Å². The Hall–Kier alpha value is -3.77. The number of carbonyl (C=O) groups is 1. The van der Waals surface area contributed by atoms with Gasteiger partial charge in [0.15, 0.2) is 5.60 Å². The minimum absolute atomic E-state index is 0.121. The molecule has 1 aliphatic heterocycles. The first-order valence-electron chi connectivity index (χ1n) is 9.90. The quantitative estimate of drug-likeness (QED) is 0.531. The molecule has 1 aliphatic rings. The van der Waals surface area contributed by atoms with Gasteiger partial charge in [0.2, 0.25) is 5.89 Å². The van der Waals surface area contributed by atoms with Crippen LogP contribution in [-0.2, 0) is 16.9 Å². The molecule has 31 heavy (non-hydrogen) atoms. The van der Waals surface area contributed by atoms with Crippen molar-refractivity contribution >= 4 is 11.6 Å². The molecule has 0 spiro atoms. The van der Waals surface area contributed by atoms with Crippen molar-refractivity contribution in [2.45, 2.75) is 19.1 Å². The van der Waals surface area contributed by atoms with Crippen LogP contribution in [0.15, 0.2) is 83.3 Å². The Morgan fingerprint density at radius 2 is 1.77 bits per heavy atom. The third kappa shape index (κ3) is 3.04. The molecule has 3 aromatic carbocycles. The zero-order valence-corrected chi connectivity index (χ0v) is 16.7. The van der Waals surface area contributed by atoms with E-state index >= 15 is 0 Å². The van der Waals surface area contributed by atoms with Gasteiger partial charge in [0, 0.05) is 16.7 Å². The average Bonchev–Trinajstić information content (AvgIpc) is 3.26. The molecular weight excluding hydrogens is 395 g/mol. The molecule has 5 nitrogen and oxygen atoms in total. The summed E-state index contributed by atoms with van der Waals surface area (Å²) in [6.07, 6.45) is 0. The zero-order chi connectivity index (χ0) is 21.6. The van der Waals surface area contributed by atoms with E-state index in [9.17, 15) is 14.3 Å². The fourth-order valence-corrected chi connectivity index (χ4v) is 4.01. The number of para-hydroxylation sites is 1. The fourth-order valence-electron chi connectivity index (χ4n) is 4.01. The van der Waals surface area contributed by atoms with E-state index in [1.807, 2.05) is 30.3 Å². The molecule has 1 amide bonds. The van der Waals surface area contributed by atoms with Crippen molar-refractivity contribution in [3.8, 4) is 11.5 Å². The van der Waals surface area contributed by atoms with Crippen molar-refractivity contribution in [2.75, 3.05) is 4.90 Å². The maximum absolute atomic E-state index is 13.9. The molecule has 1 N–H and O–H groups in total. The number of hydrogen-bond acceptors (Lipinski definition) is 4. The highest BCUT2D eigenvalue weighted by molar-refractivity contribution is 6.09. The highest BCUT2D eigenvalue weighted by atomic mass is 19.1. The van der Waals surface area contributed by atoms with Crippen LogP contribution in [0.3, 0.4) is 0 Å². The van der Waals surface area contributed by atoms with Crippen LogP contribution >= 0.6 is 0 Å². The van der Waals surface area contributed by atoms with E-state index in [-0.39, 0.29) is 12.1 Å². The molecule has 0 radical (unpaired) electrons. The largest absolute Gasteiger partial charge is 0.441 e. The third-order valence-corrected chi connectivity index (χ3v) is 5.60. The molecule has 1 aromatic heterocycles. The molecule has 0 unspecified atom stereocenters. The Labute approximate surface area is 178 Å². The van der Waals surface area contributed by atoms with Gasteiger partial charge in [-0.25, -0.2) is 9.37 Å². The van der Waals surface area contributed by atoms with Crippen LogP contribution in [0.4, 0.5) is 10.1 Å². The lowest BCUT2D eigenvalue weighted by molar-refractivity contribution is -0.132. The molecule has 4 aromatic rings. The number of fused-ring (bicyclic) bond motifs is 1. The average molecular weight is 414 g/mol. The van der Waals surface area contributed by atoms with Gasteiger partial charge in [0.25, 0.3) is 5.91 Å². The first-order valence-corrected chi connectivity index (χ1v) is 9.90. The molecule has 0 aliphatic carbocycles. The van der Waals surface area contributed by atoms with E-state index in [1.165, 1.54) is 23.1 Å². The SMILES string of the molecule is Cc1oc(-c2ccccc2)nc1CN1C(=O)[C@](O)(c2cccc(F)c2)c2ccccc21. The monoisotopic (exact) mass is 414 g/mol. The molecular formula is C25H19FN2O3. The van der Waals surface area contributed by atoms with E-state index in [4.69, 9.17) is 4.42 Å². The van der Waals surface area contributed by atoms with Gasteiger partial charge in [-0.2, -0.15) is 0 Å². The molecule has 2 heterocycles. The van der Waals surface area contributed by atoms with Crippen molar-refractivity contribution in [3.63, 3.8) is 0 Å². The van der Waals surface area contributed by atoms with Gasteiger partial charge in [-0.3, -0.25) is 4.79 Å². The summed E-state index contributed by atoms with van der Waals surface area (Å²) in [5.41, 5.74) is 0.609. The lowest BCUT2D eigenvalue weighted by Crippen LogP contribution is -2.41. The van der Waals surface area contributed by atoms with Crippen LogP contribution in [0, 0.1) is 12.7 Å². The Balaban J connectivity index is 1.56. The number of hydrogen-bond donors (Lipinski definition) is 1. The van der Waals surface area contributed by atoms with Gasteiger partial charge in [-0.05, 0) is 37.3 Å². The molecule has 6 heteroatoms. The molecule has 1 atom stereocenters. The number of aliphatic hydroxyl groups is 1. The van der Waals surface area contributed by atoms with Crippen LogP contribution < -0.4 is 4.90 Å². The van der Waals surface area contributed by atoms with Gasteiger partial charge in [-0.15, -0.1) is 0 Å².